The van der Waals surface area contributed by atoms with Gasteiger partial charge in [-0.25, -0.2) is 23.0 Å². The number of ether oxygens (including phenoxy) is 5. The van der Waals surface area contributed by atoms with Gasteiger partial charge in [0.15, 0.2) is 0 Å². The van der Waals surface area contributed by atoms with Crippen LogP contribution in [0.25, 0.3) is 0 Å². The predicted molar refractivity (Wildman–Crippen MR) is 166 cm³/mol. The number of carboxylic acids is 2. The van der Waals surface area contributed by atoms with Crippen molar-refractivity contribution in [2.45, 2.75) is 18.2 Å². The van der Waals surface area contributed by atoms with Crippen molar-refractivity contribution in [3.05, 3.63) is 54.2 Å². The van der Waals surface area contributed by atoms with E-state index in [1.165, 1.54) is 30.5 Å². The molecule has 1 aromatic carbocycles. The minimum absolute atomic E-state index is 0.0841. The average molecular weight is 687 g/mol. The van der Waals surface area contributed by atoms with E-state index in [0.29, 0.717) is 6.61 Å². The summed E-state index contributed by atoms with van der Waals surface area (Å²) in [5.74, 6) is -2.58. The number of carbonyl (C=O) groups is 4. The molecule has 18 heteroatoms. The average Bonchev–Trinajstić information content (AvgIpc) is 3.04. The van der Waals surface area contributed by atoms with Crippen LogP contribution in [0.15, 0.2) is 53.6 Å². The van der Waals surface area contributed by atoms with Crippen molar-refractivity contribution in [3.63, 3.8) is 0 Å². The standard InChI is InChI=1S/C24H32N4O10S.C5H10O3/c29-22(25-8-10-35-13-15-38-18-23(30)31)17-37-14-12-36-11-9-26-24(32)19-6-7-21(27-16-19)28-39(33,34)20-4-2-1-3-5-20;1-2-3-8-4-5(6)7/h1-7,16H,8-15,17-18H2,(H,25,29)(H,26,32)(H,27,28)(H,30,31);2-4H2,1H3,(H,6,7). The zero-order valence-corrected chi connectivity index (χ0v) is 26.9. The Balaban J connectivity index is 0.00000122. The Labute approximate surface area is 272 Å². The molecule has 0 aliphatic heterocycles. The highest BCUT2D eigenvalue weighted by molar-refractivity contribution is 7.92. The SMILES string of the molecule is CCCOCC(=O)O.O=C(O)COCCOCCNC(=O)COCCOCCNC(=O)c1ccc(NS(=O)(=O)c2ccccc2)nc1. The molecular weight excluding hydrogens is 644 g/mol. The van der Waals surface area contributed by atoms with E-state index in [2.05, 4.69) is 25.1 Å². The number of amides is 2. The molecule has 1 aromatic heterocycles. The van der Waals surface area contributed by atoms with Crippen molar-refractivity contribution < 1.29 is 61.5 Å². The van der Waals surface area contributed by atoms with E-state index < -0.39 is 27.9 Å². The number of benzene rings is 1. The van der Waals surface area contributed by atoms with Gasteiger partial charge in [0.25, 0.3) is 15.9 Å². The fraction of sp³-hybridized carbons (Fsp3) is 0.483. The van der Waals surface area contributed by atoms with Crippen molar-refractivity contribution in [2.24, 2.45) is 0 Å². The first-order valence-electron chi connectivity index (χ1n) is 14.5. The number of hydrogen-bond acceptors (Lipinski definition) is 12. The summed E-state index contributed by atoms with van der Waals surface area (Å²) in [6.45, 7) is 3.52. The molecule has 0 bridgehead atoms. The maximum absolute atomic E-state index is 12.3. The number of aromatic nitrogens is 1. The zero-order chi connectivity index (χ0) is 34.8. The monoisotopic (exact) mass is 686 g/mol. The Hall–Kier alpha value is -4.20. The molecule has 2 rings (SSSR count). The molecule has 2 amide bonds. The van der Waals surface area contributed by atoms with Crippen molar-refractivity contribution in [1.29, 1.82) is 0 Å². The fourth-order valence-electron chi connectivity index (χ4n) is 3.11. The second kappa shape index (κ2) is 25.0. The summed E-state index contributed by atoms with van der Waals surface area (Å²) < 4.78 is 52.2. The van der Waals surface area contributed by atoms with Gasteiger partial charge in [-0.3, -0.25) is 14.3 Å². The summed E-state index contributed by atoms with van der Waals surface area (Å²) in [5.41, 5.74) is 0.254. The van der Waals surface area contributed by atoms with Crippen molar-refractivity contribution in [2.75, 3.05) is 83.9 Å². The van der Waals surface area contributed by atoms with E-state index >= 15 is 0 Å². The highest BCUT2D eigenvalue weighted by Crippen LogP contribution is 2.14. The van der Waals surface area contributed by atoms with Crippen LogP contribution in [0.5, 0.6) is 0 Å². The summed E-state index contributed by atoms with van der Waals surface area (Å²) in [6.07, 6.45) is 2.13. The second-order valence-corrected chi connectivity index (χ2v) is 10.8. The number of rotatable bonds is 24. The van der Waals surface area contributed by atoms with Gasteiger partial charge in [-0.2, -0.15) is 0 Å². The van der Waals surface area contributed by atoms with Gasteiger partial charge in [-0.15, -0.1) is 0 Å². The second-order valence-electron chi connectivity index (χ2n) is 9.13. The molecule has 0 saturated heterocycles. The first-order chi connectivity index (χ1) is 22.5. The molecule has 2 aromatic rings. The van der Waals surface area contributed by atoms with Crippen LogP contribution < -0.4 is 15.4 Å². The summed E-state index contributed by atoms with van der Waals surface area (Å²) in [4.78, 5) is 48.0. The number of pyridine rings is 1. The lowest BCUT2D eigenvalue weighted by Gasteiger charge is -2.09. The lowest BCUT2D eigenvalue weighted by atomic mass is 10.2. The number of aliphatic carboxylic acids is 2. The van der Waals surface area contributed by atoms with E-state index in [9.17, 15) is 27.6 Å². The van der Waals surface area contributed by atoms with E-state index in [4.69, 9.17) is 29.2 Å². The fourth-order valence-corrected chi connectivity index (χ4v) is 4.13. The van der Waals surface area contributed by atoms with Gasteiger partial charge in [0.05, 0.1) is 50.1 Å². The Morgan fingerprint density at radius 3 is 1.81 bits per heavy atom. The summed E-state index contributed by atoms with van der Waals surface area (Å²) >= 11 is 0. The van der Waals surface area contributed by atoms with Crippen LogP contribution in [0.3, 0.4) is 0 Å². The number of carbonyl (C=O) groups excluding carboxylic acids is 2. The molecule has 47 heavy (non-hydrogen) atoms. The van der Waals surface area contributed by atoms with Crippen molar-refractivity contribution in [3.8, 4) is 0 Å². The number of nitrogens with zero attached hydrogens (tertiary/aromatic N) is 1. The Bertz CT molecular complexity index is 1300. The minimum Gasteiger partial charge on any atom is -0.480 e. The third-order valence-corrected chi connectivity index (χ3v) is 6.57. The van der Waals surface area contributed by atoms with Gasteiger partial charge in [-0.05, 0) is 30.7 Å². The van der Waals surface area contributed by atoms with Gasteiger partial charge in [0.1, 0.15) is 25.6 Å². The molecule has 0 aliphatic carbocycles. The van der Waals surface area contributed by atoms with Crippen molar-refractivity contribution in [1.82, 2.24) is 15.6 Å². The third-order valence-electron chi connectivity index (χ3n) is 5.20. The molecule has 0 radical (unpaired) electrons. The molecule has 0 saturated carbocycles. The topological polar surface area (TPSA) is 238 Å². The molecule has 262 valence electrons. The third kappa shape index (κ3) is 21.3. The molecule has 5 N–H and O–H groups in total. The molecule has 0 atom stereocenters. The van der Waals surface area contributed by atoms with Crippen LogP contribution >= 0.6 is 0 Å². The van der Waals surface area contributed by atoms with E-state index in [1.807, 2.05) is 6.92 Å². The van der Waals surface area contributed by atoms with Crippen LogP contribution in [-0.4, -0.2) is 127 Å². The van der Waals surface area contributed by atoms with Crippen LogP contribution in [0.2, 0.25) is 0 Å². The van der Waals surface area contributed by atoms with E-state index in [0.717, 1.165) is 6.42 Å². The number of carboxylic acid groups (broad SMARTS) is 2. The van der Waals surface area contributed by atoms with Gasteiger partial charge >= 0.3 is 11.9 Å². The van der Waals surface area contributed by atoms with E-state index in [1.54, 1.807) is 18.2 Å². The molecule has 1 heterocycles. The van der Waals surface area contributed by atoms with Crippen LogP contribution in [0, 0.1) is 0 Å². The first kappa shape index (κ1) is 40.8. The Morgan fingerprint density at radius 1 is 0.702 bits per heavy atom. The summed E-state index contributed by atoms with van der Waals surface area (Å²) in [6, 6.07) is 10.7. The molecule has 0 unspecified atom stereocenters. The van der Waals surface area contributed by atoms with Crippen molar-refractivity contribution >= 4 is 39.6 Å². The first-order valence-corrected chi connectivity index (χ1v) is 15.9. The summed E-state index contributed by atoms with van der Waals surface area (Å²) in [7, 11) is -3.77. The highest BCUT2D eigenvalue weighted by atomic mass is 32.2. The molecular formula is C29H42N4O13S. The quantitative estimate of drug-likeness (QED) is 0.0939. The van der Waals surface area contributed by atoms with Crippen LogP contribution in [0.4, 0.5) is 5.82 Å². The van der Waals surface area contributed by atoms with Crippen LogP contribution in [-0.2, 0) is 48.1 Å². The molecule has 0 fully saturated rings. The van der Waals surface area contributed by atoms with Gasteiger partial charge in [0.2, 0.25) is 5.91 Å². The van der Waals surface area contributed by atoms with Gasteiger partial charge in [0, 0.05) is 25.9 Å². The zero-order valence-electron chi connectivity index (χ0n) is 26.1. The Kier molecular flexibility index (Phi) is 21.7. The lowest BCUT2D eigenvalue weighted by Crippen LogP contribution is -2.31. The number of nitrogens with one attached hydrogen (secondary N) is 3. The van der Waals surface area contributed by atoms with Gasteiger partial charge < -0.3 is 44.5 Å². The predicted octanol–water partition coefficient (Wildman–Crippen LogP) is 0.377. The van der Waals surface area contributed by atoms with Gasteiger partial charge in [-0.1, -0.05) is 25.1 Å². The number of hydrogen-bond donors (Lipinski definition) is 5. The van der Waals surface area contributed by atoms with E-state index in [-0.39, 0.29) is 94.7 Å². The minimum atomic E-state index is -3.77. The smallest absolute Gasteiger partial charge is 0.329 e. The molecule has 17 nitrogen and oxygen atoms in total. The number of anilines is 1. The molecule has 0 aliphatic rings. The van der Waals surface area contributed by atoms with Crippen LogP contribution in [0.1, 0.15) is 23.7 Å². The maximum Gasteiger partial charge on any atom is 0.329 e. The summed E-state index contributed by atoms with van der Waals surface area (Å²) in [5, 5.41) is 21.7. The largest absolute Gasteiger partial charge is 0.480 e. The normalized spacial score (nSPS) is 10.7. The lowest BCUT2D eigenvalue weighted by molar-refractivity contribution is -0.143. The highest BCUT2D eigenvalue weighted by Gasteiger charge is 2.14. The molecule has 0 spiro atoms. The number of sulfonamides is 1. The Morgan fingerprint density at radius 2 is 1.26 bits per heavy atom. The maximum atomic E-state index is 12.3.